The molecule has 2 rings (SSSR count). The van der Waals surface area contributed by atoms with Crippen LogP contribution < -0.4 is 31.6 Å². The van der Waals surface area contributed by atoms with Crippen molar-refractivity contribution >= 4 is 23.2 Å². The van der Waals surface area contributed by atoms with E-state index in [0.717, 1.165) is 6.07 Å². The van der Waals surface area contributed by atoms with Crippen molar-refractivity contribution in [3.8, 4) is 11.5 Å². The number of hydrogen-bond donors (Lipinski definition) is 4. The number of aromatic nitrogens is 1. The zero-order valence-electron chi connectivity index (χ0n) is 13.9. The highest BCUT2D eigenvalue weighted by atomic mass is 19.1. The van der Waals surface area contributed by atoms with Gasteiger partial charge in [0.15, 0.2) is 11.6 Å². The third kappa shape index (κ3) is 4.48. The van der Waals surface area contributed by atoms with E-state index in [1.54, 1.807) is 18.2 Å². The number of methoxy groups -OCH3 is 2. The van der Waals surface area contributed by atoms with Gasteiger partial charge < -0.3 is 31.6 Å². The third-order valence-corrected chi connectivity index (χ3v) is 3.29. The van der Waals surface area contributed by atoms with E-state index in [1.165, 1.54) is 14.2 Å². The number of nitrogens with zero attached hydrogens (tertiary/aromatic N) is 1. The van der Waals surface area contributed by atoms with Gasteiger partial charge >= 0.3 is 0 Å². The van der Waals surface area contributed by atoms with Gasteiger partial charge in [-0.3, -0.25) is 4.79 Å². The second kappa shape index (κ2) is 8.15. The van der Waals surface area contributed by atoms with Crippen LogP contribution >= 0.6 is 0 Å². The zero-order chi connectivity index (χ0) is 18.4. The number of nitrogens with two attached hydrogens (primary N) is 2. The Morgan fingerprint density at radius 1 is 1.16 bits per heavy atom. The molecule has 1 amide bonds. The second-order valence-corrected chi connectivity index (χ2v) is 5.02. The number of anilines is 3. The number of amides is 1. The van der Waals surface area contributed by atoms with Crippen LogP contribution in [0.3, 0.4) is 0 Å². The third-order valence-electron chi connectivity index (χ3n) is 3.29. The fourth-order valence-corrected chi connectivity index (χ4v) is 2.10. The maximum Gasteiger partial charge on any atom is 0.252 e. The quantitative estimate of drug-likeness (QED) is 0.568. The molecule has 0 radical (unpaired) electrons. The van der Waals surface area contributed by atoms with Crippen LogP contribution in [0.5, 0.6) is 11.5 Å². The van der Waals surface area contributed by atoms with E-state index in [9.17, 15) is 9.18 Å². The monoisotopic (exact) mass is 349 g/mol. The standard InChI is InChI=1S/C16H20FN5O3/c1-24-10-5-9(6-11(7-10)25-2)21-15-12(14(19)23)8-13(17)16(22-15)20-4-3-18/h5-8H,3-4,18H2,1-2H3,(H2,19,23)(H2,20,21,22). The summed E-state index contributed by atoms with van der Waals surface area (Å²) < 4.78 is 24.4. The van der Waals surface area contributed by atoms with Crippen molar-refractivity contribution in [1.82, 2.24) is 4.98 Å². The molecule has 1 aromatic heterocycles. The number of nitrogens with one attached hydrogen (secondary N) is 2. The van der Waals surface area contributed by atoms with E-state index in [4.69, 9.17) is 20.9 Å². The van der Waals surface area contributed by atoms with E-state index in [0.29, 0.717) is 30.3 Å². The van der Waals surface area contributed by atoms with E-state index < -0.39 is 11.7 Å². The van der Waals surface area contributed by atoms with Gasteiger partial charge in [0.05, 0.1) is 19.8 Å². The Hall–Kier alpha value is -3.07. The van der Waals surface area contributed by atoms with Crippen molar-refractivity contribution in [2.24, 2.45) is 11.5 Å². The molecule has 0 saturated carbocycles. The van der Waals surface area contributed by atoms with Gasteiger partial charge in [-0.05, 0) is 6.07 Å². The first kappa shape index (κ1) is 18.3. The summed E-state index contributed by atoms with van der Waals surface area (Å²) in [4.78, 5) is 15.7. The number of carbonyl (C=O) groups excluding carboxylic acids is 1. The molecule has 6 N–H and O–H groups in total. The minimum atomic E-state index is -0.811. The molecule has 0 fully saturated rings. The molecule has 8 nitrogen and oxygen atoms in total. The molecule has 0 saturated heterocycles. The fraction of sp³-hybridized carbons (Fsp3) is 0.250. The Bertz CT molecular complexity index is 747. The van der Waals surface area contributed by atoms with Crippen LogP contribution in [-0.2, 0) is 0 Å². The van der Waals surface area contributed by atoms with Gasteiger partial charge in [0, 0.05) is 37.0 Å². The lowest BCUT2D eigenvalue weighted by Crippen LogP contribution is -2.18. The molecule has 0 bridgehead atoms. The Morgan fingerprint density at radius 3 is 2.32 bits per heavy atom. The van der Waals surface area contributed by atoms with Gasteiger partial charge in [0.2, 0.25) is 0 Å². The van der Waals surface area contributed by atoms with Gasteiger partial charge in [0.25, 0.3) is 5.91 Å². The van der Waals surface area contributed by atoms with Crippen molar-refractivity contribution in [3.05, 3.63) is 35.6 Å². The number of benzene rings is 1. The number of ether oxygens (including phenoxy) is 2. The van der Waals surface area contributed by atoms with E-state index in [-0.39, 0.29) is 17.2 Å². The molecule has 0 aliphatic carbocycles. The van der Waals surface area contributed by atoms with Gasteiger partial charge in [0.1, 0.15) is 17.3 Å². The van der Waals surface area contributed by atoms with Gasteiger partial charge in [-0.15, -0.1) is 0 Å². The van der Waals surface area contributed by atoms with Crippen molar-refractivity contribution in [2.45, 2.75) is 0 Å². The normalized spacial score (nSPS) is 10.2. The minimum Gasteiger partial charge on any atom is -0.497 e. The number of pyridine rings is 1. The van der Waals surface area contributed by atoms with Crippen LogP contribution in [0.25, 0.3) is 0 Å². The second-order valence-electron chi connectivity index (χ2n) is 5.02. The zero-order valence-corrected chi connectivity index (χ0v) is 13.9. The topological polar surface area (TPSA) is 125 Å². The van der Waals surface area contributed by atoms with Crippen LogP contribution in [0, 0.1) is 5.82 Å². The molecule has 1 aromatic carbocycles. The predicted molar refractivity (Wildman–Crippen MR) is 93.1 cm³/mol. The summed E-state index contributed by atoms with van der Waals surface area (Å²) in [5, 5.41) is 5.68. The fourth-order valence-electron chi connectivity index (χ4n) is 2.10. The van der Waals surface area contributed by atoms with Crippen LogP contribution in [0.1, 0.15) is 10.4 Å². The first-order chi connectivity index (χ1) is 12.0. The molecule has 2 aromatic rings. The van der Waals surface area contributed by atoms with E-state index in [1.807, 2.05) is 0 Å². The predicted octanol–water partition coefficient (Wildman–Crippen LogP) is 1.45. The van der Waals surface area contributed by atoms with Crippen molar-refractivity contribution in [1.29, 1.82) is 0 Å². The molecule has 25 heavy (non-hydrogen) atoms. The number of carbonyl (C=O) groups is 1. The lowest BCUT2D eigenvalue weighted by atomic mass is 10.2. The maximum absolute atomic E-state index is 14.0. The van der Waals surface area contributed by atoms with Crippen LogP contribution in [0.4, 0.5) is 21.7 Å². The summed E-state index contributed by atoms with van der Waals surface area (Å²) in [7, 11) is 3.02. The summed E-state index contributed by atoms with van der Waals surface area (Å²) in [5.74, 6) is -0.376. The average molecular weight is 349 g/mol. The SMILES string of the molecule is COc1cc(Nc2nc(NCCN)c(F)cc2C(N)=O)cc(OC)c1. The largest absolute Gasteiger partial charge is 0.497 e. The number of hydrogen-bond acceptors (Lipinski definition) is 7. The number of rotatable bonds is 8. The molecule has 0 atom stereocenters. The van der Waals surface area contributed by atoms with Gasteiger partial charge in [-0.25, -0.2) is 9.37 Å². The molecule has 134 valence electrons. The average Bonchev–Trinajstić information content (AvgIpc) is 2.61. The lowest BCUT2D eigenvalue weighted by Gasteiger charge is -2.14. The Kier molecular flexibility index (Phi) is 5.96. The maximum atomic E-state index is 14.0. The molecule has 0 unspecified atom stereocenters. The highest BCUT2D eigenvalue weighted by molar-refractivity contribution is 5.98. The van der Waals surface area contributed by atoms with Crippen molar-refractivity contribution in [3.63, 3.8) is 0 Å². The first-order valence-electron chi connectivity index (χ1n) is 7.42. The number of primary amides is 1. The van der Waals surface area contributed by atoms with Crippen molar-refractivity contribution in [2.75, 3.05) is 37.9 Å². The molecule has 0 spiro atoms. The molecule has 9 heteroatoms. The van der Waals surface area contributed by atoms with Crippen LogP contribution in [0.15, 0.2) is 24.3 Å². The summed E-state index contributed by atoms with van der Waals surface area (Å²) in [6, 6.07) is 6.05. The highest BCUT2D eigenvalue weighted by Crippen LogP contribution is 2.29. The summed E-state index contributed by atoms with van der Waals surface area (Å²) in [6.07, 6.45) is 0. The van der Waals surface area contributed by atoms with Crippen LogP contribution in [-0.4, -0.2) is 38.2 Å². The Morgan fingerprint density at radius 2 is 1.80 bits per heavy atom. The van der Waals surface area contributed by atoms with E-state index in [2.05, 4.69) is 15.6 Å². The molecule has 1 heterocycles. The summed E-state index contributed by atoms with van der Waals surface area (Å²) in [6.45, 7) is 0.626. The highest BCUT2D eigenvalue weighted by Gasteiger charge is 2.16. The summed E-state index contributed by atoms with van der Waals surface area (Å²) in [5.41, 5.74) is 11.2. The Labute approximate surface area is 144 Å². The van der Waals surface area contributed by atoms with Gasteiger partial charge in [-0.2, -0.15) is 0 Å². The molecular formula is C16H20FN5O3. The minimum absolute atomic E-state index is 0.0344. The lowest BCUT2D eigenvalue weighted by molar-refractivity contribution is 0.100. The Balaban J connectivity index is 2.44. The summed E-state index contributed by atoms with van der Waals surface area (Å²) >= 11 is 0. The van der Waals surface area contributed by atoms with Crippen molar-refractivity contribution < 1.29 is 18.7 Å². The molecule has 0 aliphatic heterocycles. The van der Waals surface area contributed by atoms with Crippen LogP contribution in [0.2, 0.25) is 0 Å². The first-order valence-corrected chi connectivity index (χ1v) is 7.42. The van der Waals surface area contributed by atoms with E-state index >= 15 is 0 Å². The molecular weight excluding hydrogens is 329 g/mol. The smallest absolute Gasteiger partial charge is 0.252 e. The van der Waals surface area contributed by atoms with Gasteiger partial charge in [-0.1, -0.05) is 0 Å². The number of halogens is 1. The molecule has 0 aliphatic rings.